The molecule has 3 rings (SSSR count). The van der Waals surface area contributed by atoms with E-state index in [1.54, 1.807) is 4.68 Å². The number of rotatable bonds is 5. The van der Waals surface area contributed by atoms with Crippen LogP contribution in [0.2, 0.25) is 5.02 Å². The average molecular weight is 379 g/mol. The number of halogens is 1. The van der Waals surface area contributed by atoms with Crippen molar-refractivity contribution in [3.63, 3.8) is 0 Å². The van der Waals surface area contributed by atoms with Crippen molar-refractivity contribution in [2.75, 3.05) is 26.2 Å². The molecule has 1 fully saturated rings. The Morgan fingerprint density at radius 3 is 2.35 bits per heavy atom. The van der Waals surface area contributed by atoms with Gasteiger partial charge in [-0.3, -0.25) is 19.1 Å². The van der Waals surface area contributed by atoms with Crippen LogP contribution in [-0.2, 0) is 24.4 Å². The molecule has 7 nitrogen and oxygen atoms in total. The third-order valence-electron chi connectivity index (χ3n) is 5.07. The second-order valence-corrected chi connectivity index (χ2v) is 7.27. The van der Waals surface area contributed by atoms with Gasteiger partial charge in [0.25, 0.3) is 0 Å². The molecule has 26 heavy (non-hydrogen) atoms. The highest BCUT2D eigenvalue weighted by Crippen LogP contribution is 2.19. The van der Waals surface area contributed by atoms with Crippen molar-refractivity contribution in [1.29, 1.82) is 0 Å². The summed E-state index contributed by atoms with van der Waals surface area (Å²) >= 11 is 6.17. The highest BCUT2D eigenvalue weighted by Gasteiger charge is 2.23. The largest absolute Gasteiger partial charge is 0.339 e. The summed E-state index contributed by atoms with van der Waals surface area (Å²) in [4.78, 5) is 16.9. The second kappa shape index (κ2) is 7.80. The Labute approximate surface area is 159 Å². The van der Waals surface area contributed by atoms with Crippen LogP contribution in [0.15, 0.2) is 6.20 Å². The Bertz CT molecular complexity index is 788. The third kappa shape index (κ3) is 3.94. The average Bonchev–Trinajstić information content (AvgIpc) is 3.10. The molecule has 142 valence electrons. The molecule has 1 aliphatic rings. The fourth-order valence-corrected chi connectivity index (χ4v) is 3.47. The number of carbonyl (C=O) groups excluding carboxylic acids is 1. The Morgan fingerprint density at radius 1 is 1.12 bits per heavy atom. The lowest BCUT2D eigenvalue weighted by Crippen LogP contribution is -2.49. The van der Waals surface area contributed by atoms with Gasteiger partial charge in [-0.15, -0.1) is 0 Å². The van der Waals surface area contributed by atoms with Gasteiger partial charge in [0.1, 0.15) is 6.54 Å². The van der Waals surface area contributed by atoms with Gasteiger partial charge >= 0.3 is 0 Å². The number of amides is 1. The zero-order chi connectivity index (χ0) is 18.8. The number of aryl methyl sites for hydroxylation is 3. The van der Waals surface area contributed by atoms with Crippen LogP contribution in [0, 0.1) is 20.8 Å². The number of nitrogens with zero attached hydrogens (tertiary/aromatic N) is 6. The van der Waals surface area contributed by atoms with E-state index in [-0.39, 0.29) is 12.5 Å². The van der Waals surface area contributed by atoms with E-state index in [9.17, 15) is 4.79 Å². The van der Waals surface area contributed by atoms with Crippen LogP contribution in [0.3, 0.4) is 0 Å². The Morgan fingerprint density at radius 2 is 1.81 bits per heavy atom. The minimum atomic E-state index is 0.0990. The topological polar surface area (TPSA) is 59.2 Å². The molecule has 0 unspecified atom stereocenters. The second-order valence-electron chi connectivity index (χ2n) is 6.89. The molecule has 0 N–H and O–H groups in total. The van der Waals surface area contributed by atoms with Gasteiger partial charge in [-0.25, -0.2) is 0 Å². The fraction of sp³-hybridized carbons (Fsp3) is 0.611. The first-order valence-corrected chi connectivity index (χ1v) is 9.49. The van der Waals surface area contributed by atoms with E-state index in [1.165, 1.54) is 5.56 Å². The lowest BCUT2D eigenvalue weighted by atomic mass is 10.2. The van der Waals surface area contributed by atoms with Crippen molar-refractivity contribution in [2.24, 2.45) is 0 Å². The summed E-state index contributed by atoms with van der Waals surface area (Å²) in [5, 5.41) is 9.50. The summed E-state index contributed by atoms with van der Waals surface area (Å²) in [7, 11) is 0. The molecule has 0 atom stereocenters. The molecule has 0 aromatic carbocycles. The summed E-state index contributed by atoms with van der Waals surface area (Å²) < 4.78 is 3.68. The SMILES string of the molecule is CCn1cc(CN2CCN(C(=O)Cn3nc(C)c(Cl)c3C)CC2)c(C)n1. The molecule has 0 spiro atoms. The highest BCUT2D eigenvalue weighted by atomic mass is 35.5. The molecule has 1 saturated heterocycles. The third-order valence-corrected chi connectivity index (χ3v) is 5.62. The van der Waals surface area contributed by atoms with Crippen LogP contribution >= 0.6 is 11.6 Å². The molecule has 1 amide bonds. The van der Waals surface area contributed by atoms with Gasteiger partial charge in [0.15, 0.2) is 0 Å². The number of carbonyl (C=O) groups is 1. The van der Waals surface area contributed by atoms with Crippen LogP contribution < -0.4 is 0 Å². The van der Waals surface area contributed by atoms with Gasteiger partial charge in [0.2, 0.25) is 5.91 Å². The number of piperazine rings is 1. The van der Waals surface area contributed by atoms with Crippen LogP contribution in [0.1, 0.15) is 29.6 Å². The van der Waals surface area contributed by atoms with E-state index in [0.29, 0.717) is 5.02 Å². The number of hydrogen-bond acceptors (Lipinski definition) is 4. The van der Waals surface area contributed by atoms with Gasteiger partial charge in [0.05, 0.1) is 22.1 Å². The van der Waals surface area contributed by atoms with Crippen molar-refractivity contribution in [1.82, 2.24) is 29.4 Å². The van der Waals surface area contributed by atoms with Crippen LogP contribution in [0.5, 0.6) is 0 Å². The quantitative estimate of drug-likeness (QED) is 0.798. The molecule has 0 saturated carbocycles. The lowest BCUT2D eigenvalue weighted by Gasteiger charge is -2.34. The molecule has 8 heteroatoms. The molecule has 2 aromatic rings. The van der Waals surface area contributed by atoms with Crippen LogP contribution in [0.4, 0.5) is 0 Å². The van der Waals surface area contributed by atoms with E-state index in [2.05, 4.69) is 35.1 Å². The van der Waals surface area contributed by atoms with Crippen LogP contribution in [0.25, 0.3) is 0 Å². The van der Waals surface area contributed by atoms with Gasteiger partial charge in [0, 0.05) is 51.0 Å². The van der Waals surface area contributed by atoms with Crippen molar-refractivity contribution in [2.45, 2.75) is 47.3 Å². The molecule has 0 radical (unpaired) electrons. The Hall–Kier alpha value is -1.86. The lowest BCUT2D eigenvalue weighted by molar-refractivity contribution is -0.133. The van der Waals surface area contributed by atoms with E-state index >= 15 is 0 Å². The fourth-order valence-electron chi connectivity index (χ4n) is 3.33. The maximum absolute atomic E-state index is 12.6. The minimum absolute atomic E-state index is 0.0990. The predicted molar refractivity (Wildman–Crippen MR) is 101 cm³/mol. The molecule has 0 bridgehead atoms. The van der Waals surface area contributed by atoms with E-state index in [4.69, 9.17) is 11.6 Å². The van der Waals surface area contributed by atoms with Gasteiger partial charge < -0.3 is 4.90 Å². The normalized spacial score (nSPS) is 15.7. The summed E-state index contributed by atoms with van der Waals surface area (Å²) in [5.41, 5.74) is 3.97. The number of hydrogen-bond donors (Lipinski definition) is 0. The summed E-state index contributed by atoms with van der Waals surface area (Å²) in [6, 6.07) is 0. The summed E-state index contributed by atoms with van der Waals surface area (Å²) in [6.45, 7) is 13.2. The van der Waals surface area contributed by atoms with Gasteiger partial charge in [-0.2, -0.15) is 10.2 Å². The Balaban J connectivity index is 1.53. The monoisotopic (exact) mass is 378 g/mol. The van der Waals surface area contributed by atoms with Crippen molar-refractivity contribution >= 4 is 17.5 Å². The van der Waals surface area contributed by atoms with Gasteiger partial charge in [-0.05, 0) is 27.7 Å². The molecule has 0 aliphatic carbocycles. The number of aromatic nitrogens is 4. The van der Waals surface area contributed by atoms with Crippen LogP contribution in [-0.4, -0.2) is 61.4 Å². The zero-order valence-corrected chi connectivity index (χ0v) is 16.8. The standard InChI is InChI=1S/C18H27ClN6O/c1-5-24-11-16(13(2)20-24)10-22-6-8-23(9-7-22)17(26)12-25-15(4)18(19)14(3)21-25/h11H,5-10,12H2,1-4H3. The molecular weight excluding hydrogens is 352 g/mol. The molecule has 2 aromatic heterocycles. The van der Waals surface area contributed by atoms with E-state index in [1.807, 2.05) is 23.4 Å². The molecule has 3 heterocycles. The zero-order valence-electron chi connectivity index (χ0n) is 16.0. The first-order valence-electron chi connectivity index (χ1n) is 9.11. The summed E-state index contributed by atoms with van der Waals surface area (Å²) in [5.74, 6) is 0.0990. The van der Waals surface area contributed by atoms with E-state index in [0.717, 1.165) is 56.4 Å². The Kier molecular flexibility index (Phi) is 5.67. The maximum Gasteiger partial charge on any atom is 0.244 e. The van der Waals surface area contributed by atoms with Crippen molar-refractivity contribution < 1.29 is 4.79 Å². The predicted octanol–water partition coefficient (Wildman–Crippen LogP) is 2.02. The molecule has 1 aliphatic heterocycles. The van der Waals surface area contributed by atoms with Crippen molar-refractivity contribution in [3.8, 4) is 0 Å². The smallest absolute Gasteiger partial charge is 0.244 e. The molecular formula is C18H27ClN6O. The first kappa shape index (κ1) is 18.9. The minimum Gasteiger partial charge on any atom is -0.339 e. The first-order chi connectivity index (χ1) is 12.4. The van der Waals surface area contributed by atoms with Crippen molar-refractivity contribution in [3.05, 3.63) is 33.9 Å². The highest BCUT2D eigenvalue weighted by molar-refractivity contribution is 6.31. The van der Waals surface area contributed by atoms with Gasteiger partial charge in [-0.1, -0.05) is 11.6 Å². The van der Waals surface area contributed by atoms with E-state index < -0.39 is 0 Å². The maximum atomic E-state index is 12.6. The summed E-state index contributed by atoms with van der Waals surface area (Å²) in [6.07, 6.45) is 2.12.